The van der Waals surface area contributed by atoms with E-state index in [0.29, 0.717) is 6.54 Å². The maximum Gasteiger partial charge on any atom is 0.251 e. The molecule has 1 N–H and O–H groups in total. The molecule has 1 aliphatic carbocycles. The maximum atomic E-state index is 12.2. The fourth-order valence-electron chi connectivity index (χ4n) is 2.98. The van der Waals surface area contributed by atoms with E-state index in [4.69, 9.17) is 0 Å². The predicted octanol–water partition coefficient (Wildman–Crippen LogP) is 4.23. The number of carbonyl (C=O) groups excluding carboxylic acids is 1. The molecule has 0 aromatic heterocycles. The summed E-state index contributed by atoms with van der Waals surface area (Å²) in [5, 5.41) is 3.03. The molecule has 0 saturated heterocycles. The largest absolute Gasteiger partial charge is 0.351 e. The summed E-state index contributed by atoms with van der Waals surface area (Å²) < 4.78 is 0. The molecule has 2 aromatic carbocycles. The molecule has 0 spiro atoms. The number of thioether (sulfide) groups is 1. The van der Waals surface area contributed by atoms with Crippen molar-refractivity contribution in [2.45, 2.75) is 31.4 Å². The van der Waals surface area contributed by atoms with E-state index in [9.17, 15) is 4.79 Å². The van der Waals surface area contributed by atoms with Crippen LogP contribution in [0.5, 0.6) is 0 Å². The van der Waals surface area contributed by atoms with Gasteiger partial charge in [-0.2, -0.15) is 11.8 Å². The molecule has 0 heterocycles. The normalized spacial score (nSPS) is 13.4. The Labute approximate surface area is 142 Å². The summed E-state index contributed by atoms with van der Waals surface area (Å²) >= 11 is 1.85. The molecule has 1 aliphatic rings. The van der Waals surface area contributed by atoms with E-state index in [-0.39, 0.29) is 5.91 Å². The van der Waals surface area contributed by atoms with Gasteiger partial charge in [0.15, 0.2) is 0 Å². The van der Waals surface area contributed by atoms with Gasteiger partial charge in [-0.05, 0) is 54.5 Å². The van der Waals surface area contributed by atoms with Gasteiger partial charge in [-0.25, -0.2) is 0 Å². The molecule has 0 radical (unpaired) electrons. The molecule has 0 atom stereocenters. The molecular weight excluding hydrogens is 302 g/mol. The highest BCUT2D eigenvalue weighted by Crippen LogP contribution is 2.22. The van der Waals surface area contributed by atoms with Crippen LogP contribution in [-0.2, 0) is 18.6 Å². The zero-order chi connectivity index (χ0) is 15.9. The standard InChI is InChI=1S/C20H23NOS/c22-20(19-11-10-17-8-4-5-9-18(17)14-19)21-12-13-23-15-16-6-2-1-3-7-16/h1-3,6-7,10-11,14H,4-5,8-9,12-13,15H2,(H,21,22). The number of rotatable bonds is 6. The first-order valence-electron chi connectivity index (χ1n) is 8.34. The summed E-state index contributed by atoms with van der Waals surface area (Å²) in [6.07, 6.45) is 4.79. The number of benzene rings is 2. The van der Waals surface area contributed by atoms with Crippen molar-refractivity contribution in [2.75, 3.05) is 12.3 Å². The van der Waals surface area contributed by atoms with Crippen LogP contribution in [0.25, 0.3) is 0 Å². The summed E-state index contributed by atoms with van der Waals surface area (Å²) in [7, 11) is 0. The Kier molecular flexibility index (Phi) is 5.76. The second kappa shape index (κ2) is 8.21. The molecule has 3 heteroatoms. The lowest BCUT2D eigenvalue weighted by molar-refractivity contribution is 0.0956. The van der Waals surface area contributed by atoms with E-state index in [0.717, 1.165) is 29.9 Å². The third kappa shape index (κ3) is 4.61. The Morgan fingerprint density at radius 1 is 1.00 bits per heavy atom. The summed E-state index contributed by atoms with van der Waals surface area (Å²) in [4.78, 5) is 12.2. The van der Waals surface area contributed by atoms with E-state index >= 15 is 0 Å². The Morgan fingerprint density at radius 3 is 2.61 bits per heavy atom. The number of fused-ring (bicyclic) bond motifs is 1. The van der Waals surface area contributed by atoms with Crippen LogP contribution >= 0.6 is 11.8 Å². The van der Waals surface area contributed by atoms with Gasteiger partial charge in [0.25, 0.3) is 5.91 Å². The molecule has 0 saturated carbocycles. The van der Waals surface area contributed by atoms with Gasteiger partial charge >= 0.3 is 0 Å². The molecule has 0 bridgehead atoms. The fraction of sp³-hybridized carbons (Fsp3) is 0.350. The average Bonchev–Trinajstić information content (AvgIpc) is 2.61. The van der Waals surface area contributed by atoms with Crippen LogP contribution in [-0.4, -0.2) is 18.2 Å². The van der Waals surface area contributed by atoms with Crippen LogP contribution < -0.4 is 5.32 Å². The SMILES string of the molecule is O=C(NCCSCc1ccccc1)c1ccc2c(c1)CCCC2. The fourth-order valence-corrected chi connectivity index (χ4v) is 3.80. The minimum absolute atomic E-state index is 0.0543. The van der Waals surface area contributed by atoms with Crippen LogP contribution in [0.1, 0.15) is 39.9 Å². The molecular formula is C20H23NOS. The van der Waals surface area contributed by atoms with Crippen molar-refractivity contribution < 1.29 is 4.79 Å². The molecule has 1 amide bonds. The van der Waals surface area contributed by atoms with Crippen molar-refractivity contribution in [3.8, 4) is 0 Å². The van der Waals surface area contributed by atoms with Crippen molar-refractivity contribution in [3.05, 3.63) is 70.8 Å². The summed E-state index contributed by atoms with van der Waals surface area (Å²) in [5.41, 5.74) is 4.92. The molecule has 23 heavy (non-hydrogen) atoms. The van der Waals surface area contributed by atoms with Gasteiger partial charge in [-0.15, -0.1) is 0 Å². The van der Waals surface area contributed by atoms with Crippen molar-refractivity contribution in [1.82, 2.24) is 5.32 Å². The first-order chi connectivity index (χ1) is 11.3. The monoisotopic (exact) mass is 325 g/mol. The number of hydrogen-bond acceptors (Lipinski definition) is 2. The molecule has 0 unspecified atom stereocenters. The number of aryl methyl sites for hydroxylation is 2. The van der Waals surface area contributed by atoms with Gasteiger partial charge in [-0.3, -0.25) is 4.79 Å². The van der Waals surface area contributed by atoms with E-state index in [1.54, 1.807) is 0 Å². The predicted molar refractivity (Wildman–Crippen MR) is 98.0 cm³/mol. The van der Waals surface area contributed by atoms with E-state index in [2.05, 4.69) is 41.7 Å². The van der Waals surface area contributed by atoms with Crippen LogP contribution in [0, 0.1) is 0 Å². The lowest BCUT2D eigenvalue weighted by Gasteiger charge is -2.16. The van der Waals surface area contributed by atoms with Crippen molar-refractivity contribution >= 4 is 17.7 Å². The van der Waals surface area contributed by atoms with E-state index in [1.807, 2.05) is 23.9 Å². The van der Waals surface area contributed by atoms with Gasteiger partial charge in [0.05, 0.1) is 0 Å². The molecule has 2 nitrogen and oxygen atoms in total. The van der Waals surface area contributed by atoms with Crippen LogP contribution in [0.15, 0.2) is 48.5 Å². The zero-order valence-corrected chi connectivity index (χ0v) is 14.2. The molecule has 2 aromatic rings. The van der Waals surface area contributed by atoms with Crippen molar-refractivity contribution in [1.29, 1.82) is 0 Å². The molecule has 3 rings (SSSR count). The zero-order valence-electron chi connectivity index (χ0n) is 13.4. The lowest BCUT2D eigenvalue weighted by Crippen LogP contribution is -2.26. The van der Waals surface area contributed by atoms with Crippen molar-refractivity contribution in [2.24, 2.45) is 0 Å². The molecule has 0 fully saturated rings. The van der Waals surface area contributed by atoms with Gasteiger partial charge in [0, 0.05) is 23.6 Å². The number of hydrogen-bond donors (Lipinski definition) is 1. The van der Waals surface area contributed by atoms with Crippen molar-refractivity contribution in [3.63, 3.8) is 0 Å². The highest BCUT2D eigenvalue weighted by atomic mass is 32.2. The highest BCUT2D eigenvalue weighted by Gasteiger charge is 2.12. The highest BCUT2D eigenvalue weighted by molar-refractivity contribution is 7.98. The van der Waals surface area contributed by atoms with Gasteiger partial charge in [0.1, 0.15) is 0 Å². The van der Waals surface area contributed by atoms with Crippen LogP contribution in [0.3, 0.4) is 0 Å². The van der Waals surface area contributed by atoms with Gasteiger partial charge in [-0.1, -0.05) is 36.4 Å². The molecule has 120 valence electrons. The second-order valence-electron chi connectivity index (χ2n) is 5.98. The topological polar surface area (TPSA) is 29.1 Å². The number of carbonyl (C=O) groups is 1. The van der Waals surface area contributed by atoms with E-state index in [1.165, 1.54) is 29.5 Å². The minimum Gasteiger partial charge on any atom is -0.351 e. The Hall–Kier alpha value is -1.74. The first-order valence-corrected chi connectivity index (χ1v) is 9.50. The number of nitrogens with one attached hydrogen (secondary N) is 1. The van der Waals surface area contributed by atoms with Gasteiger partial charge in [0.2, 0.25) is 0 Å². The smallest absolute Gasteiger partial charge is 0.251 e. The van der Waals surface area contributed by atoms with Crippen LogP contribution in [0.2, 0.25) is 0 Å². The Bertz CT molecular complexity index is 654. The quantitative estimate of drug-likeness (QED) is 0.805. The Balaban J connectivity index is 1.42. The summed E-state index contributed by atoms with van der Waals surface area (Å²) in [6.45, 7) is 0.716. The Morgan fingerprint density at radius 2 is 1.78 bits per heavy atom. The third-order valence-corrected chi connectivity index (χ3v) is 5.28. The minimum atomic E-state index is 0.0543. The van der Waals surface area contributed by atoms with E-state index < -0.39 is 0 Å². The average molecular weight is 325 g/mol. The lowest BCUT2D eigenvalue weighted by atomic mass is 9.90. The molecule has 0 aliphatic heterocycles. The van der Waals surface area contributed by atoms with Crippen LogP contribution in [0.4, 0.5) is 0 Å². The first kappa shape index (κ1) is 16.1. The summed E-state index contributed by atoms with van der Waals surface area (Å²) in [5.74, 6) is 1.99. The van der Waals surface area contributed by atoms with Gasteiger partial charge < -0.3 is 5.32 Å². The maximum absolute atomic E-state index is 12.2. The summed E-state index contributed by atoms with van der Waals surface area (Å²) in [6, 6.07) is 16.6. The number of amides is 1. The second-order valence-corrected chi connectivity index (χ2v) is 7.09. The third-order valence-electron chi connectivity index (χ3n) is 4.25.